The van der Waals surface area contributed by atoms with Crippen LogP contribution in [-0.4, -0.2) is 175 Å². The van der Waals surface area contributed by atoms with E-state index in [-0.39, 0.29) is 0 Å². The number of nitrogens with two attached hydrogens (primary N) is 2. The summed E-state index contributed by atoms with van der Waals surface area (Å²) in [5.74, 6) is 2.24. The Balaban J connectivity index is -0.0000000541. The van der Waals surface area contributed by atoms with Crippen molar-refractivity contribution in [1.29, 1.82) is 0 Å². The Kier molecular flexibility index (Phi) is 127. The third-order valence-corrected chi connectivity index (χ3v) is 2.51. The summed E-state index contributed by atoms with van der Waals surface area (Å²) in [5.41, 5.74) is 12.1. The quantitative estimate of drug-likeness (QED) is 0.0275. The second-order valence-corrected chi connectivity index (χ2v) is 6.97. The van der Waals surface area contributed by atoms with Crippen molar-refractivity contribution in [2.45, 2.75) is 20.8 Å². The molecule has 0 heterocycles. The van der Waals surface area contributed by atoms with Crippen LogP contribution in [0.1, 0.15) is 20.8 Å². The zero-order valence-corrected chi connectivity index (χ0v) is 31.5. The molecule has 0 aromatic heterocycles. The van der Waals surface area contributed by atoms with Gasteiger partial charge in [-0.3, -0.25) is 29.4 Å². The summed E-state index contributed by atoms with van der Waals surface area (Å²) >= 11 is 0. The van der Waals surface area contributed by atoms with E-state index in [1.54, 1.807) is 56.9 Å². The molecule has 0 amide bonds. The number of hydrogen-bond acceptors (Lipinski definition) is 20. The van der Waals surface area contributed by atoms with E-state index in [4.69, 9.17) is 65.4 Å². The second kappa shape index (κ2) is 90.9. The van der Waals surface area contributed by atoms with Crippen LogP contribution >= 0.6 is 0 Å². The lowest BCUT2D eigenvalue weighted by Gasteiger charge is -2.04. The minimum atomic E-state index is -0.833. The van der Waals surface area contributed by atoms with Gasteiger partial charge in [-0.05, 0) is 0 Å². The number of carboxylic acids is 3. The summed E-state index contributed by atoms with van der Waals surface area (Å²) < 4.78 is 37.0. The van der Waals surface area contributed by atoms with Crippen molar-refractivity contribution >= 4 is 17.9 Å². The zero-order chi connectivity index (χ0) is 40.4. The largest absolute Gasteiger partial charge is 0.481 e. The Morgan fingerprint density at radius 1 is 0.551 bits per heavy atom. The molecule has 0 saturated carbocycles. The predicted octanol–water partition coefficient (Wildman–Crippen LogP) is -2.17. The molecular weight excluding hydrogens is 668 g/mol. The van der Waals surface area contributed by atoms with E-state index in [9.17, 15) is 0 Å². The van der Waals surface area contributed by atoms with Crippen molar-refractivity contribution in [2.24, 2.45) is 11.6 Å². The highest BCUT2D eigenvalue weighted by molar-refractivity contribution is 5.63. The fraction of sp³-hybridized carbons (Fsp3) is 0.885. The molecule has 12 N–H and O–H groups in total. The number of ether oxygens (including phenoxy) is 8. The number of nitrogens with one attached hydrogen (secondary N) is 4. The third kappa shape index (κ3) is 278. The molecule has 0 atom stereocenters. The monoisotopic (exact) mass is 738 g/mol. The smallest absolute Gasteiger partial charge is 0.300 e. The standard InChI is InChI=1S/C5H14N2O3.C5H13NO2.C3H10N2O2.C3H9NO.C3H8O2.3C2H4O2.CH4O/c1-8-3-4-10-7-6-5-9-2;1-7-4-3-6-5-8-2;1-6-2-3-7-5-4;1-5-3-2-4;1-4-3-5-2;3*1-2(3)4;1-2/h6-7H,3-5H2,1-2H3;6H,3-5H2,1-2H3;5H,2-4H2,1H3;2-4H2,1H3;3H2,1-2H3;3*1H3,(H,3,4);2H,1H3. The SMILES string of the molecule is CC(=O)O.CC(=O)O.CC(=O)O.CO.COCCN.COCCNCOC.COCCONN.COCCONNCOC.COCOC. The molecule has 0 aliphatic heterocycles. The molecule has 0 aliphatic rings. The molecule has 0 fully saturated rings. The van der Waals surface area contributed by atoms with Crippen molar-refractivity contribution in [3.8, 4) is 0 Å². The Morgan fingerprint density at radius 2 is 0.918 bits per heavy atom. The number of rotatable bonds is 20. The first-order chi connectivity index (χ1) is 23.3. The number of carbonyl (C=O) groups is 3. The average Bonchev–Trinajstić information content (AvgIpc) is 3.04. The van der Waals surface area contributed by atoms with E-state index in [0.29, 0.717) is 59.8 Å². The molecule has 0 aliphatic carbocycles. The maximum absolute atomic E-state index is 9.00. The molecule has 0 aromatic rings. The van der Waals surface area contributed by atoms with E-state index in [2.05, 4.69) is 44.9 Å². The van der Waals surface area contributed by atoms with Crippen LogP contribution in [0.4, 0.5) is 0 Å². The first kappa shape index (κ1) is 68.6. The number of carboxylic acid groups (broad SMARTS) is 3. The van der Waals surface area contributed by atoms with Gasteiger partial charge < -0.3 is 64.1 Å². The average molecular weight is 739 g/mol. The number of aliphatic hydroxyl groups is 1. The van der Waals surface area contributed by atoms with E-state index in [1.807, 2.05) is 5.59 Å². The molecular formula is C26H70N6O17. The number of hydrogen-bond donors (Lipinski definition) is 10. The zero-order valence-electron chi connectivity index (χ0n) is 31.5. The van der Waals surface area contributed by atoms with Crippen molar-refractivity contribution in [1.82, 2.24) is 21.9 Å². The maximum Gasteiger partial charge on any atom is 0.300 e. The Hall–Kier alpha value is -2.27. The van der Waals surface area contributed by atoms with Gasteiger partial charge in [0.2, 0.25) is 0 Å². The van der Waals surface area contributed by atoms with Crippen molar-refractivity contribution in [3.63, 3.8) is 0 Å². The van der Waals surface area contributed by atoms with Gasteiger partial charge in [-0.2, -0.15) is 0 Å². The van der Waals surface area contributed by atoms with Crippen LogP contribution in [0.5, 0.6) is 0 Å². The molecule has 0 unspecified atom stereocenters. The lowest BCUT2D eigenvalue weighted by atomic mass is 10.7. The number of hydrazine groups is 2. The van der Waals surface area contributed by atoms with E-state index < -0.39 is 17.9 Å². The van der Waals surface area contributed by atoms with Crippen LogP contribution in [0.25, 0.3) is 0 Å². The Bertz CT molecular complexity index is 454. The minimum absolute atomic E-state index is 0.389. The first-order valence-electron chi connectivity index (χ1n) is 13.8. The number of aliphatic carboxylic acids is 3. The summed E-state index contributed by atoms with van der Waals surface area (Å²) in [6.07, 6.45) is 0. The highest BCUT2D eigenvalue weighted by Gasteiger charge is 1.83. The van der Waals surface area contributed by atoms with Gasteiger partial charge in [0, 0.05) is 97.8 Å². The van der Waals surface area contributed by atoms with Crippen LogP contribution in [0, 0.1) is 0 Å². The summed E-state index contributed by atoms with van der Waals surface area (Å²) in [4.78, 5) is 36.3. The topological polar surface area (TPSA) is 325 Å². The molecule has 0 saturated heterocycles. The third-order valence-electron chi connectivity index (χ3n) is 2.51. The van der Waals surface area contributed by atoms with Crippen LogP contribution in [0.15, 0.2) is 0 Å². The fourth-order valence-electron chi connectivity index (χ4n) is 1.10. The predicted molar refractivity (Wildman–Crippen MR) is 181 cm³/mol. The highest BCUT2D eigenvalue weighted by atomic mass is 16.7. The normalized spacial score (nSPS) is 8.39. The lowest BCUT2D eigenvalue weighted by Crippen LogP contribution is -2.34. The van der Waals surface area contributed by atoms with Gasteiger partial charge in [-0.15, -0.1) is 11.2 Å². The van der Waals surface area contributed by atoms with Crippen LogP contribution < -0.4 is 33.5 Å². The number of methoxy groups -OCH3 is 8. The summed E-state index contributed by atoms with van der Waals surface area (Å²) in [7, 11) is 13.9. The van der Waals surface area contributed by atoms with Crippen molar-refractivity contribution in [2.75, 3.05) is 137 Å². The fourth-order valence-corrected chi connectivity index (χ4v) is 1.10. The van der Waals surface area contributed by atoms with Gasteiger partial charge in [0.25, 0.3) is 17.9 Å². The van der Waals surface area contributed by atoms with E-state index in [0.717, 1.165) is 41.0 Å². The van der Waals surface area contributed by atoms with Crippen LogP contribution in [0.3, 0.4) is 0 Å². The molecule has 23 nitrogen and oxygen atoms in total. The van der Waals surface area contributed by atoms with E-state index in [1.165, 1.54) is 0 Å². The minimum Gasteiger partial charge on any atom is -0.481 e. The molecule has 23 heteroatoms. The van der Waals surface area contributed by atoms with Gasteiger partial charge in [0.15, 0.2) is 0 Å². The molecule has 0 radical (unpaired) electrons. The van der Waals surface area contributed by atoms with Crippen LogP contribution in [-0.2, 0) is 62.0 Å². The molecule has 306 valence electrons. The van der Waals surface area contributed by atoms with Gasteiger partial charge in [0.1, 0.15) is 13.5 Å². The van der Waals surface area contributed by atoms with E-state index >= 15 is 0 Å². The highest BCUT2D eigenvalue weighted by Crippen LogP contribution is 1.67. The molecule has 0 aromatic carbocycles. The molecule has 0 rings (SSSR count). The van der Waals surface area contributed by atoms with Crippen molar-refractivity contribution in [3.05, 3.63) is 0 Å². The Morgan fingerprint density at radius 3 is 1.16 bits per heavy atom. The Labute approximate surface area is 291 Å². The summed E-state index contributed by atoms with van der Waals surface area (Å²) in [6, 6.07) is 0. The molecule has 0 bridgehead atoms. The van der Waals surface area contributed by atoms with Gasteiger partial charge in [-0.25, -0.2) is 11.3 Å². The van der Waals surface area contributed by atoms with Gasteiger partial charge in [-0.1, -0.05) is 0 Å². The van der Waals surface area contributed by atoms with Gasteiger partial charge in [0.05, 0.1) is 46.4 Å². The molecule has 49 heavy (non-hydrogen) atoms. The van der Waals surface area contributed by atoms with Gasteiger partial charge >= 0.3 is 0 Å². The first-order valence-corrected chi connectivity index (χ1v) is 13.8. The summed E-state index contributed by atoms with van der Waals surface area (Å²) in [6.45, 7) is 9.65. The lowest BCUT2D eigenvalue weighted by molar-refractivity contribution is -0.135. The maximum atomic E-state index is 9.00. The molecule has 0 spiro atoms. The number of aliphatic hydroxyl groups excluding tert-OH is 1. The summed E-state index contributed by atoms with van der Waals surface area (Å²) in [5, 5.41) is 32.2. The second-order valence-electron chi connectivity index (χ2n) is 6.97. The van der Waals surface area contributed by atoms with Crippen molar-refractivity contribution < 1.29 is 82.4 Å². The van der Waals surface area contributed by atoms with Crippen LogP contribution in [0.2, 0.25) is 0 Å².